The van der Waals surface area contributed by atoms with E-state index < -0.39 is 0 Å². The number of hydrogen-bond acceptors (Lipinski definition) is 6. The number of anilines is 1. The summed E-state index contributed by atoms with van der Waals surface area (Å²) in [6.45, 7) is 3.42. The standard InChI is InChI=1S/C24H28BrN5OS/c1-26-23(31)17-3-2-4-20-18(17)13-21(32-20)22-19(25)14-28-24(29-22)27-10-7-15-8-11-30(12-9-15)16-5-6-16/h2-4,13-16H,5-12H2,1H3,(H,26,31)(H,27,28,29). The number of nitrogens with one attached hydrogen (secondary N) is 2. The Bertz CT molecular complexity index is 1120. The van der Waals surface area contributed by atoms with E-state index in [-0.39, 0.29) is 5.91 Å². The predicted molar refractivity (Wildman–Crippen MR) is 134 cm³/mol. The SMILES string of the molecule is CNC(=O)c1cccc2sc(-c3nc(NCCC4CCN(C5CC5)CC4)ncc3Br)cc12. The fraction of sp³-hybridized carbons (Fsp3) is 0.458. The summed E-state index contributed by atoms with van der Waals surface area (Å²) in [4.78, 5) is 25.2. The molecule has 0 bridgehead atoms. The Hall–Kier alpha value is -2.03. The molecule has 0 atom stereocenters. The second kappa shape index (κ2) is 9.45. The Morgan fingerprint density at radius 1 is 1.25 bits per heavy atom. The molecule has 0 unspecified atom stereocenters. The van der Waals surface area contributed by atoms with E-state index in [2.05, 4.69) is 42.5 Å². The summed E-state index contributed by atoms with van der Waals surface area (Å²) < 4.78 is 1.92. The van der Waals surface area contributed by atoms with E-state index in [9.17, 15) is 4.79 Å². The zero-order chi connectivity index (χ0) is 22.1. The van der Waals surface area contributed by atoms with Crippen LogP contribution in [0.25, 0.3) is 20.7 Å². The highest BCUT2D eigenvalue weighted by Crippen LogP contribution is 2.37. The van der Waals surface area contributed by atoms with Gasteiger partial charge in [0, 0.05) is 41.5 Å². The van der Waals surface area contributed by atoms with Crippen LogP contribution in [0.1, 0.15) is 42.5 Å². The number of carbonyl (C=O) groups is 1. The molecule has 2 N–H and O–H groups in total. The third-order valence-corrected chi connectivity index (χ3v) is 8.25. The fourth-order valence-electron chi connectivity index (χ4n) is 4.57. The topological polar surface area (TPSA) is 70.2 Å². The summed E-state index contributed by atoms with van der Waals surface area (Å²) in [5, 5.41) is 7.10. The average Bonchev–Trinajstić information content (AvgIpc) is 3.58. The van der Waals surface area contributed by atoms with Crippen LogP contribution in [-0.2, 0) is 0 Å². The summed E-state index contributed by atoms with van der Waals surface area (Å²) in [6.07, 6.45) is 8.39. The first-order chi connectivity index (χ1) is 15.6. The van der Waals surface area contributed by atoms with Crippen LogP contribution in [-0.4, -0.2) is 53.5 Å². The molecule has 2 fully saturated rings. The minimum absolute atomic E-state index is 0.0768. The highest BCUT2D eigenvalue weighted by Gasteiger charge is 2.31. The molecule has 6 nitrogen and oxygen atoms in total. The van der Waals surface area contributed by atoms with Gasteiger partial charge in [0.05, 0.1) is 9.35 Å². The van der Waals surface area contributed by atoms with Crippen LogP contribution in [0, 0.1) is 5.92 Å². The maximum atomic E-state index is 12.2. The van der Waals surface area contributed by atoms with Crippen LogP contribution in [0.3, 0.4) is 0 Å². The molecular formula is C24H28BrN5OS. The Balaban J connectivity index is 1.26. The highest BCUT2D eigenvalue weighted by atomic mass is 79.9. The van der Waals surface area contributed by atoms with Crippen molar-refractivity contribution in [3.05, 3.63) is 40.5 Å². The van der Waals surface area contributed by atoms with E-state index in [4.69, 9.17) is 4.98 Å². The molecule has 1 aliphatic heterocycles. The minimum atomic E-state index is -0.0768. The van der Waals surface area contributed by atoms with Crippen LogP contribution in [0.2, 0.25) is 0 Å². The van der Waals surface area contributed by atoms with Gasteiger partial charge in [-0.25, -0.2) is 9.97 Å². The number of carbonyl (C=O) groups excluding carboxylic acids is 1. The molecule has 8 heteroatoms. The first-order valence-corrected chi connectivity index (χ1v) is 13.0. The molecule has 168 valence electrons. The Kier molecular flexibility index (Phi) is 6.44. The Morgan fingerprint density at radius 3 is 2.81 bits per heavy atom. The Morgan fingerprint density at radius 2 is 2.06 bits per heavy atom. The van der Waals surface area contributed by atoms with Crippen LogP contribution in [0.15, 0.2) is 34.9 Å². The average molecular weight is 514 g/mol. The van der Waals surface area contributed by atoms with Crippen molar-refractivity contribution in [2.75, 3.05) is 32.0 Å². The van der Waals surface area contributed by atoms with E-state index >= 15 is 0 Å². The lowest BCUT2D eigenvalue weighted by Crippen LogP contribution is -2.35. The van der Waals surface area contributed by atoms with Crippen molar-refractivity contribution in [3.8, 4) is 10.6 Å². The third-order valence-electron chi connectivity index (χ3n) is 6.56. The number of rotatable bonds is 7. The number of hydrogen-bond donors (Lipinski definition) is 2. The van der Waals surface area contributed by atoms with Crippen molar-refractivity contribution >= 4 is 49.2 Å². The van der Waals surface area contributed by atoms with Gasteiger partial charge >= 0.3 is 0 Å². The zero-order valence-electron chi connectivity index (χ0n) is 18.2. The van der Waals surface area contributed by atoms with E-state index in [1.807, 2.05) is 24.4 Å². The molecule has 2 aliphatic rings. The molecule has 1 saturated carbocycles. The van der Waals surface area contributed by atoms with E-state index in [0.717, 1.165) is 50.1 Å². The van der Waals surface area contributed by atoms with Crippen LogP contribution < -0.4 is 10.6 Å². The largest absolute Gasteiger partial charge is 0.355 e. The monoisotopic (exact) mass is 513 g/mol. The van der Waals surface area contributed by atoms with Crippen LogP contribution >= 0.6 is 27.3 Å². The van der Waals surface area contributed by atoms with Crippen LogP contribution in [0.5, 0.6) is 0 Å². The summed E-state index contributed by atoms with van der Waals surface area (Å²) in [5.74, 6) is 1.37. The maximum absolute atomic E-state index is 12.2. The van der Waals surface area contributed by atoms with Gasteiger partial charge in [-0.05, 0) is 85.2 Å². The molecule has 1 aromatic carbocycles. The lowest BCUT2D eigenvalue weighted by Gasteiger charge is -2.32. The fourth-order valence-corrected chi connectivity index (χ4v) is 6.20. The molecule has 5 rings (SSSR count). The van der Waals surface area contributed by atoms with Crippen molar-refractivity contribution in [1.82, 2.24) is 20.2 Å². The molecule has 2 aromatic heterocycles. The first kappa shape index (κ1) is 21.8. The highest BCUT2D eigenvalue weighted by molar-refractivity contribution is 9.10. The number of aromatic nitrogens is 2. The lowest BCUT2D eigenvalue weighted by atomic mass is 9.93. The van der Waals surface area contributed by atoms with Gasteiger partial charge in [0.2, 0.25) is 5.95 Å². The molecule has 1 saturated heterocycles. The van der Waals surface area contributed by atoms with Gasteiger partial charge in [0.25, 0.3) is 5.91 Å². The Labute approximate surface area is 201 Å². The molecule has 1 aliphatic carbocycles. The molecular weight excluding hydrogens is 486 g/mol. The molecule has 1 amide bonds. The van der Waals surface area contributed by atoms with E-state index in [0.29, 0.717) is 11.5 Å². The quantitative estimate of drug-likeness (QED) is 0.456. The third kappa shape index (κ3) is 4.67. The number of halogens is 1. The van der Waals surface area contributed by atoms with Gasteiger partial charge in [-0.1, -0.05) is 6.07 Å². The number of thiophene rings is 1. The smallest absolute Gasteiger partial charge is 0.251 e. The molecule has 3 aromatic rings. The van der Waals surface area contributed by atoms with Crippen molar-refractivity contribution in [2.45, 2.75) is 38.1 Å². The number of amides is 1. The molecule has 32 heavy (non-hydrogen) atoms. The zero-order valence-corrected chi connectivity index (χ0v) is 20.6. The van der Waals surface area contributed by atoms with Gasteiger partial charge in [0.15, 0.2) is 0 Å². The van der Waals surface area contributed by atoms with E-state index in [1.165, 1.54) is 38.8 Å². The second-order valence-electron chi connectivity index (χ2n) is 8.72. The lowest BCUT2D eigenvalue weighted by molar-refractivity contribution is 0.0964. The normalized spacial score (nSPS) is 17.6. The predicted octanol–water partition coefficient (Wildman–Crippen LogP) is 5.16. The number of nitrogens with zero attached hydrogens (tertiary/aromatic N) is 3. The van der Waals surface area contributed by atoms with Crippen molar-refractivity contribution in [1.29, 1.82) is 0 Å². The number of fused-ring (bicyclic) bond motifs is 1. The molecule has 0 radical (unpaired) electrons. The summed E-state index contributed by atoms with van der Waals surface area (Å²) >= 11 is 5.25. The number of benzene rings is 1. The van der Waals surface area contributed by atoms with Gasteiger partial charge < -0.3 is 15.5 Å². The second-order valence-corrected chi connectivity index (χ2v) is 10.7. The van der Waals surface area contributed by atoms with Gasteiger partial charge in [-0.15, -0.1) is 11.3 Å². The van der Waals surface area contributed by atoms with Gasteiger partial charge in [-0.3, -0.25) is 4.79 Å². The summed E-state index contributed by atoms with van der Waals surface area (Å²) in [5.41, 5.74) is 1.54. The number of piperidine rings is 1. The first-order valence-electron chi connectivity index (χ1n) is 11.4. The summed E-state index contributed by atoms with van der Waals surface area (Å²) in [7, 11) is 1.66. The van der Waals surface area contributed by atoms with Crippen molar-refractivity contribution < 1.29 is 4.79 Å². The molecule has 3 heterocycles. The van der Waals surface area contributed by atoms with Gasteiger partial charge in [0.1, 0.15) is 5.69 Å². The minimum Gasteiger partial charge on any atom is -0.355 e. The van der Waals surface area contributed by atoms with Crippen molar-refractivity contribution in [2.24, 2.45) is 5.92 Å². The molecule has 0 spiro atoms. The summed E-state index contributed by atoms with van der Waals surface area (Å²) in [6, 6.07) is 8.76. The maximum Gasteiger partial charge on any atom is 0.251 e. The van der Waals surface area contributed by atoms with E-state index in [1.54, 1.807) is 18.4 Å². The van der Waals surface area contributed by atoms with Crippen LogP contribution in [0.4, 0.5) is 5.95 Å². The van der Waals surface area contributed by atoms with Crippen molar-refractivity contribution in [3.63, 3.8) is 0 Å². The number of likely N-dealkylation sites (tertiary alicyclic amines) is 1. The van der Waals surface area contributed by atoms with Gasteiger partial charge in [-0.2, -0.15) is 0 Å².